The third-order valence-corrected chi connectivity index (χ3v) is 1.50. The topological polar surface area (TPSA) is 0 Å². The minimum Gasteiger partial charge on any atom is -0.125 e. The zero-order valence-corrected chi connectivity index (χ0v) is 7.39. The molecule has 0 nitrogen and oxygen atoms in total. The molecular weight excluding hydrogens is 238 g/mol. The predicted octanol–water partition coefficient (Wildman–Crippen LogP) is 1.70. The molecule has 0 N–H and O–H groups in total. The van der Waals surface area contributed by atoms with E-state index in [0.29, 0.717) is 0 Å². The van der Waals surface area contributed by atoms with E-state index < -0.39 is 0 Å². The molecule has 0 amide bonds. The molecule has 1 unspecified atom stereocenters. The summed E-state index contributed by atoms with van der Waals surface area (Å²) in [6.45, 7) is 4.46. The van der Waals surface area contributed by atoms with Crippen LogP contribution in [-0.4, -0.2) is 12.8 Å². The van der Waals surface area contributed by atoms with Crippen LogP contribution >= 0.6 is 8.58 Å². The van der Waals surface area contributed by atoms with Crippen molar-refractivity contribution in [2.24, 2.45) is 0 Å². The second-order valence-electron chi connectivity index (χ2n) is 1.10. The summed E-state index contributed by atoms with van der Waals surface area (Å²) in [5.74, 6) is 0. The molecular formula is C4H11PTb. The maximum Gasteiger partial charge on any atom is 0 e. The number of hydrogen-bond acceptors (Lipinski definition) is 0. The Kier molecular flexibility index (Phi) is 17.5. The molecule has 1 radical (unpaired) electrons. The molecule has 0 aliphatic rings. The Labute approximate surface area is 72.7 Å². The van der Waals surface area contributed by atoms with Gasteiger partial charge in [0.15, 0.2) is 0 Å². The quantitative estimate of drug-likeness (QED) is 0.653. The molecule has 0 fully saturated rings. The molecule has 0 spiro atoms. The molecule has 0 aromatic heterocycles. The third kappa shape index (κ3) is 9.21. The van der Waals surface area contributed by atoms with Crippen molar-refractivity contribution in [1.29, 1.82) is 0 Å². The first kappa shape index (κ1) is 10.7. The molecule has 0 aromatic rings. The average molecular weight is 249 g/mol. The Morgan fingerprint density at radius 2 is 2.00 bits per heavy atom. The summed E-state index contributed by atoms with van der Waals surface area (Å²) in [7, 11) is 1.16. The van der Waals surface area contributed by atoms with Gasteiger partial charge in [0.05, 0.1) is 0 Å². The Morgan fingerprint density at radius 3 is 2.00 bits per heavy atom. The van der Waals surface area contributed by atoms with Crippen molar-refractivity contribution in [3.05, 3.63) is 0 Å². The van der Waals surface area contributed by atoms with Gasteiger partial charge in [0.25, 0.3) is 0 Å². The van der Waals surface area contributed by atoms with Gasteiger partial charge in [-0.2, -0.15) is 0 Å². The second-order valence-corrected chi connectivity index (χ2v) is 2.31. The monoisotopic (exact) mass is 249 g/mol. The first-order chi connectivity index (χ1) is 2.41. The van der Waals surface area contributed by atoms with Crippen molar-refractivity contribution in [3.63, 3.8) is 0 Å². The maximum atomic E-state index is 2.24. The van der Waals surface area contributed by atoms with Crippen LogP contribution in [0.5, 0.6) is 0 Å². The van der Waals surface area contributed by atoms with E-state index >= 15 is 0 Å². The van der Waals surface area contributed by atoms with E-state index in [1.807, 2.05) is 0 Å². The number of hydrogen-bond donors (Lipinski definition) is 0. The van der Waals surface area contributed by atoms with E-state index in [9.17, 15) is 0 Å². The van der Waals surface area contributed by atoms with E-state index in [-0.39, 0.29) is 38.6 Å². The molecule has 2 heteroatoms. The fourth-order valence-corrected chi connectivity index (χ4v) is 0.750. The normalized spacial score (nSPS) is 9.00. The fourth-order valence-electron chi connectivity index (χ4n) is 0.250. The van der Waals surface area contributed by atoms with E-state index in [1.165, 1.54) is 12.6 Å². The minimum atomic E-state index is 0. The Hall–Kier alpha value is 1.72. The van der Waals surface area contributed by atoms with Crippen LogP contribution < -0.4 is 0 Å². The fraction of sp³-hybridized carbons (Fsp3) is 1.00. The van der Waals surface area contributed by atoms with Crippen LogP contribution in [0.2, 0.25) is 0 Å². The minimum absolute atomic E-state index is 0. The average Bonchev–Trinajstić information content (AvgIpc) is 1.41. The second kappa shape index (κ2) is 9.87. The van der Waals surface area contributed by atoms with E-state index in [2.05, 4.69) is 13.6 Å². The van der Waals surface area contributed by atoms with Crippen molar-refractivity contribution in [2.75, 3.05) is 12.8 Å². The van der Waals surface area contributed by atoms with Crippen LogP contribution in [-0.2, 0) is 0 Å². The molecule has 0 rings (SSSR count). The van der Waals surface area contributed by atoms with Crippen LogP contribution in [0.25, 0.3) is 0 Å². The summed E-state index contributed by atoms with van der Waals surface area (Å²) >= 11 is 0. The Morgan fingerprint density at radius 1 is 1.50 bits per heavy atom. The summed E-state index contributed by atoms with van der Waals surface area (Å²) in [5, 5.41) is 0. The van der Waals surface area contributed by atoms with Crippen LogP contribution in [0.1, 0.15) is 13.3 Å². The first-order valence-corrected chi connectivity index (χ1v) is 3.77. The third-order valence-electron chi connectivity index (χ3n) is 0.500. The van der Waals surface area contributed by atoms with Crippen molar-refractivity contribution in [3.8, 4) is 0 Å². The van der Waals surface area contributed by atoms with Gasteiger partial charge >= 0.3 is 0 Å². The molecule has 0 aliphatic heterocycles. The van der Waals surface area contributed by atoms with Crippen LogP contribution in [0, 0.1) is 38.6 Å². The smallest absolute Gasteiger partial charge is 0 e. The molecule has 6 heavy (non-hydrogen) atoms. The van der Waals surface area contributed by atoms with Gasteiger partial charge in [-0.25, -0.2) is 0 Å². The predicted molar refractivity (Wildman–Crippen MR) is 29.4 cm³/mol. The standard InChI is InChI=1S/C4H11P.Tb/c1-3-4-5-2;/h5H,3-4H2,1-2H3;. The molecule has 0 bridgehead atoms. The summed E-state index contributed by atoms with van der Waals surface area (Å²) < 4.78 is 0. The van der Waals surface area contributed by atoms with Gasteiger partial charge in [0.1, 0.15) is 0 Å². The van der Waals surface area contributed by atoms with E-state index in [4.69, 9.17) is 0 Å². The van der Waals surface area contributed by atoms with E-state index in [0.717, 1.165) is 8.58 Å². The van der Waals surface area contributed by atoms with Crippen LogP contribution in [0.15, 0.2) is 0 Å². The molecule has 1 atom stereocenters. The Bertz CT molecular complexity index is 15.0. The largest absolute Gasteiger partial charge is 0.125 e. The molecule has 0 saturated heterocycles. The van der Waals surface area contributed by atoms with Crippen molar-refractivity contribution in [2.45, 2.75) is 13.3 Å². The molecule has 41 valence electrons. The summed E-state index contributed by atoms with van der Waals surface area (Å²) in [6, 6.07) is 0. The van der Waals surface area contributed by atoms with Crippen molar-refractivity contribution >= 4 is 8.58 Å². The van der Waals surface area contributed by atoms with Gasteiger partial charge in [-0.1, -0.05) is 13.3 Å². The summed E-state index contributed by atoms with van der Waals surface area (Å²) in [5.41, 5.74) is 0. The van der Waals surface area contributed by atoms with Gasteiger partial charge < -0.3 is 0 Å². The van der Waals surface area contributed by atoms with Crippen molar-refractivity contribution < 1.29 is 38.6 Å². The maximum absolute atomic E-state index is 2.24. The molecule has 0 saturated carbocycles. The summed E-state index contributed by atoms with van der Waals surface area (Å²) in [6.07, 6.45) is 2.77. The van der Waals surface area contributed by atoms with E-state index in [1.54, 1.807) is 0 Å². The van der Waals surface area contributed by atoms with Gasteiger partial charge in [-0.05, 0) is 12.8 Å². The zero-order chi connectivity index (χ0) is 4.12. The van der Waals surface area contributed by atoms with Crippen molar-refractivity contribution in [1.82, 2.24) is 0 Å². The van der Waals surface area contributed by atoms with Crippen LogP contribution in [0.4, 0.5) is 0 Å². The van der Waals surface area contributed by atoms with Gasteiger partial charge in [-0.3, -0.25) is 0 Å². The van der Waals surface area contributed by atoms with Gasteiger partial charge in [-0.15, -0.1) is 8.58 Å². The molecule has 0 aromatic carbocycles. The van der Waals surface area contributed by atoms with Gasteiger partial charge in [0.2, 0.25) is 0 Å². The van der Waals surface area contributed by atoms with Gasteiger partial charge in [0, 0.05) is 38.6 Å². The van der Waals surface area contributed by atoms with Crippen LogP contribution in [0.3, 0.4) is 0 Å². The SMILES string of the molecule is CCCPC.[Tb]. The first-order valence-electron chi connectivity index (χ1n) is 2.06. The molecule has 0 heterocycles. The molecule has 0 aliphatic carbocycles. The zero-order valence-electron chi connectivity index (χ0n) is 4.25. The Balaban J connectivity index is 0. The summed E-state index contributed by atoms with van der Waals surface area (Å²) in [4.78, 5) is 0. The number of rotatable bonds is 2.